The molecule has 0 aliphatic carbocycles. The molecule has 1 N–H and O–H groups in total. The molecular formula is C12H16O3. The molecule has 0 unspecified atom stereocenters. The van der Waals surface area contributed by atoms with Gasteiger partial charge in [0.05, 0.1) is 13.0 Å². The fourth-order valence-electron chi connectivity index (χ4n) is 1.45. The van der Waals surface area contributed by atoms with Crippen LogP contribution in [0.5, 0.6) is 5.75 Å². The van der Waals surface area contributed by atoms with Crippen LogP contribution in [-0.4, -0.2) is 17.7 Å². The van der Waals surface area contributed by atoms with Crippen LogP contribution in [0.2, 0.25) is 0 Å². The third-order valence-electron chi connectivity index (χ3n) is 2.17. The van der Waals surface area contributed by atoms with Crippen LogP contribution in [0.3, 0.4) is 0 Å². The Morgan fingerprint density at radius 1 is 1.40 bits per heavy atom. The zero-order chi connectivity index (χ0) is 11.3. The Kier molecular flexibility index (Phi) is 4.16. The smallest absolute Gasteiger partial charge is 0.307 e. The van der Waals surface area contributed by atoms with Gasteiger partial charge in [-0.15, -0.1) is 0 Å². The first-order valence-corrected chi connectivity index (χ1v) is 5.13. The second kappa shape index (κ2) is 5.39. The van der Waals surface area contributed by atoms with Gasteiger partial charge in [0.25, 0.3) is 0 Å². The molecule has 0 fully saturated rings. The van der Waals surface area contributed by atoms with E-state index in [0.717, 1.165) is 17.5 Å². The number of aliphatic carboxylic acids is 1. The van der Waals surface area contributed by atoms with Crippen LogP contribution in [0.4, 0.5) is 0 Å². The summed E-state index contributed by atoms with van der Waals surface area (Å²) >= 11 is 0. The van der Waals surface area contributed by atoms with E-state index < -0.39 is 5.97 Å². The Morgan fingerprint density at radius 3 is 2.67 bits per heavy atom. The summed E-state index contributed by atoms with van der Waals surface area (Å²) in [5.74, 6) is -0.152. The maximum absolute atomic E-state index is 10.7. The number of carboxylic acids is 1. The molecule has 0 aliphatic heterocycles. The van der Waals surface area contributed by atoms with Crippen LogP contribution in [0.1, 0.15) is 25.0 Å². The van der Waals surface area contributed by atoms with E-state index in [-0.39, 0.29) is 6.42 Å². The van der Waals surface area contributed by atoms with Crippen LogP contribution in [0, 0.1) is 0 Å². The number of hydrogen-bond donors (Lipinski definition) is 1. The minimum Gasteiger partial charge on any atom is -0.494 e. The predicted octanol–water partition coefficient (Wildman–Crippen LogP) is 2.27. The fourth-order valence-corrected chi connectivity index (χ4v) is 1.45. The van der Waals surface area contributed by atoms with Gasteiger partial charge in [0.15, 0.2) is 0 Å². The lowest BCUT2D eigenvalue weighted by Gasteiger charge is -2.10. The molecule has 15 heavy (non-hydrogen) atoms. The molecule has 0 saturated heterocycles. The molecule has 3 nitrogen and oxygen atoms in total. The van der Waals surface area contributed by atoms with Gasteiger partial charge >= 0.3 is 5.97 Å². The Labute approximate surface area is 89.7 Å². The minimum absolute atomic E-state index is 0.0170. The van der Waals surface area contributed by atoms with E-state index in [1.807, 2.05) is 32.0 Å². The first kappa shape index (κ1) is 11.6. The second-order valence-electron chi connectivity index (χ2n) is 3.30. The summed E-state index contributed by atoms with van der Waals surface area (Å²) in [7, 11) is 0. The average molecular weight is 208 g/mol. The Balaban J connectivity index is 2.98. The number of aryl methyl sites for hydroxylation is 1. The number of ether oxygens (including phenoxy) is 1. The summed E-state index contributed by atoms with van der Waals surface area (Å²) in [6.45, 7) is 4.48. The molecule has 0 bridgehead atoms. The van der Waals surface area contributed by atoms with E-state index in [0.29, 0.717) is 12.4 Å². The highest BCUT2D eigenvalue weighted by atomic mass is 16.5. The van der Waals surface area contributed by atoms with E-state index in [1.165, 1.54) is 0 Å². The van der Waals surface area contributed by atoms with Crippen molar-refractivity contribution in [2.75, 3.05) is 6.61 Å². The SMILES string of the molecule is CCOc1ccc(CC)cc1CC(=O)O. The molecule has 82 valence electrons. The Bertz CT molecular complexity index is 345. The first-order chi connectivity index (χ1) is 7.17. The van der Waals surface area contributed by atoms with Gasteiger partial charge in [-0.2, -0.15) is 0 Å². The summed E-state index contributed by atoms with van der Waals surface area (Å²) in [6, 6.07) is 5.72. The number of carbonyl (C=O) groups is 1. The number of rotatable bonds is 5. The molecule has 0 saturated carbocycles. The van der Waals surface area contributed by atoms with E-state index in [4.69, 9.17) is 9.84 Å². The van der Waals surface area contributed by atoms with Gasteiger partial charge in [-0.1, -0.05) is 19.1 Å². The van der Waals surface area contributed by atoms with E-state index >= 15 is 0 Å². The van der Waals surface area contributed by atoms with Crippen LogP contribution >= 0.6 is 0 Å². The van der Waals surface area contributed by atoms with Gasteiger partial charge in [-0.3, -0.25) is 4.79 Å². The highest BCUT2D eigenvalue weighted by Crippen LogP contribution is 2.21. The highest BCUT2D eigenvalue weighted by molar-refractivity contribution is 5.71. The van der Waals surface area contributed by atoms with Crippen molar-refractivity contribution in [3.05, 3.63) is 29.3 Å². The Hall–Kier alpha value is -1.51. The molecule has 1 aromatic rings. The lowest BCUT2D eigenvalue weighted by molar-refractivity contribution is -0.136. The lowest BCUT2D eigenvalue weighted by atomic mass is 10.1. The molecule has 0 atom stereocenters. The minimum atomic E-state index is -0.829. The lowest BCUT2D eigenvalue weighted by Crippen LogP contribution is -2.04. The maximum Gasteiger partial charge on any atom is 0.307 e. The van der Waals surface area contributed by atoms with Crippen molar-refractivity contribution >= 4 is 5.97 Å². The molecule has 0 aliphatic rings. The van der Waals surface area contributed by atoms with Crippen molar-refractivity contribution in [3.63, 3.8) is 0 Å². The van der Waals surface area contributed by atoms with Crippen molar-refractivity contribution in [1.82, 2.24) is 0 Å². The van der Waals surface area contributed by atoms with Gasteiger partial charge in [-0.25, -0.2) is 0 Å². The van der Waals surface area contributed by atoms with E-state index in [1.54, 1.807) is 0 Å². The largest absolute Gasteiger partial charge is 0.494 e. The third-order valence-corrected chi connectivity index (χ3v) is 2.17. The maximum atomic E-state index is 10.7. The Morgan fingerprint density at radius 2 is 2.13 bits per heavy atom. The predicted molar refractivity (Wildman–Crippen MR) is 58.3 cm³/mol. The number of carboxylic acid groups (broad SMARTS) is 1. The third kappa shape index (κ3) is 3.27. The molecule has 0 aromatic heterocycles. The van der Waals surface area contributed by atoms with Crippen LogP contribution in [0.25, 0.3) is 0 Å². The first-order valence-electron chi connectivity index (χ1n) is 5.13. The highest BCUT2D eigenvalue weighted by Gasteiger charge is 2.08. The second-order valence-corrected chi connectivity index (χ2v) is 3.30. The molecular weight excluding hydrogens is 192 g/mol. The molecule has 1 aromatic carbocycles. The summed E-state index contributed by atoms with van der Waals surface area (Å²) in [5, 5.41) is 8.77. The summed E-state index contributed by atoms with van der Waals surface area (Å²) in [5.41, 5.74) is 1.89. The monoisotopic (exact) mass is 208 g/mol. The number of benzene rings is 1. The van der Waals surface area contributed by atoms with E-state index in [9.17, 15) is 4.79 Å². The van der Waals surface area contributed by atoms with Crippen molar-refractivity contribution in [3.8, 4) is 5.75 Å². The topological polar surface area (TPSA) is 46.5 Å². The normalized spacial score (nSPS) is 10.0. The van der Waals surface area contributed by atoms with Gasteiger partial charge < -0.3 is 9.84 Å². The van der Waals surface area contributed by atoms with Crippen molar-refractivity contribution < 1.29 is 14.6 Å². The van der Waals surface area contributed by atoms with Crippen LogP contribution in [0.15, 0.2) is 18.2 Å². The quantitative estimate of drug-likeness (QED) is 0.807. The van der Waals surface area contributed by atoms with Crippen molar-refractivity contribution in [2.45, 2.75) is 26.7 Å². The van der Waals surface area contributed by atoms with Crippen molar-refractivity contribution in [1.29, 1.82) is 0 Å². The standard InChI is InChI=1S/C12H16O3/c1-3-9-5-6-11(15-4-2)10(7-9)8-12(13)14/h5-7H,3-4,8H2,1-2H3,(H,13,14). The van der Waals surface area contributed by atoms with Crippen LogP contribution in [-0.2, 0) is 17.6 Å². The fraction of sp³-hybridized carbons (Fsp3) is 0.417. The average Bonchev–Trinajstić information content (AvgIpc) is 2.20. The van der Waals surface area contributed by atoms with E-state index in [2.05, 4.69) is 0 Å². The molecule has 0 amide bonds. The summed E-state index contributed by atoms with van der Waals surface area (Å²) in [6.07, 6.45) is 0.919. The zero-order valence-electron chi connectivity index (χ0n) is 9.12. The van der Waals surface area contributed by atoms with Gasteiger partial charge in [0.1, 0.15) is 5.75 Å². The molecule has 0 radical (unpaired) electrons. The van der Waals surface area contributed by atoms with Gasteiger partial charge in [0.2, 0.25) is 0 Å². The van der Waals surface area contributed by atoms with Crippen LogP contribution < -0.4 is 4.74 Å². The molecule has 0 spiro atoms. The van der Waals surface area contributed by atoms with Gasteiger partial charge in [0, 0.05) is 5.56 Å². The van der Waals surface area contributed by atoms with Crippen molar-refractivity contribution in [2.24, 2.45) is 0 Å². The zero-order valence-corrected chi connectivity index (χ0v) is 9.12. The molecule has 0 heterocycles. The molecule has 3 heteroatoms. The van der Waals surface area contributed by atoms with Gasteiger partial charge in [-0.05, 0) is 25.0 Å². The summed E-state index contributed by atoms with van der Waals surface area (Å²) in [4.78, 5) is 10.7. The number of hydrogen-bond acceptors (Lipinski definition) is 2. The molecule has 1 rings (SSSR count). The summed E-state index contributed by atoms with van der Waals surface area (Å²) < 4.78 is 5.37.